The van der Waals surface area contributed by atoms with E-state index < -0.39 is 21.5 Å². The van der Waals surface area contributed by atoms with Gasteiger partial charge in [-0.05, 0) is 55.3 Å². The average molecular weight is 393 g/mol. The summed E-state index contributed by atoms with van der Waals surface area (Å²) in [5, 5.41) is 0. The summed E-state index contributed by atoms with van der Waals surface area (Å²) in [5.41, 5.74) is 1.72. The van der Waals surface area contributed by atoms with Gasteiger partial charge in [0.05, 0.1) is 23.0 Å². The van der Waals surface area contributed by atoms with Crippen LogP contribution in [0, 0.1) is 19.7 Å². The molecule has 0 aliphatic heterocycles. The Hall–Kier alpha value is -2.65. The first-order valence-electron chi connectivity index (χ1n) is 8.26. The van der Waals surface area contributed by atoms with Crippen LogP contribution < -0.4 is 15.1 Å². The molecule has 9 heteroatoms. The summed E-state index contributed by atoms with van der Waals surface area (Å²) in [7, 11) is -2.23. The molecule has 27 heavy (non-hydrogen) atoms. The van der Waals surface area contributed by atoms with Crippen LogP contribution in [0.2, 0.25) is 0 Å². The normalized spacial score (nSPS) is 11.9. The molecule has 3 aromatic rings. The number of hydrogen-bond donors (Lipinski definition) is 2. The van der Waals surface area contributed by atoms with Crippen molar-refractivity contribution in [2.24, 2.45) is 0 Å². The number of aromatic amines is 1. The Labute approximate surface area is 155 Å². The van der Waals surface area contributed by atoms with E-state index in [1.807, 2.05) is 0 Å². The number of H-pyrrole nitrogens is 1. The number of benzene rings is 2. The lowest BCUT2D eigenvalue weighted by Gasteiger charge is -2.13. The van der Waals surface area contributed by atoms with Crippen LogP contribution in [0.1, 0.15) is 11.1 Å². The Balaban J connectivity index is 1.80. The van der Waals surface area contributed by atoms with Gasteiger partial charge in [0.2, 0.25) is 10.0 Å². The van der Waals surface area contributed by atoms with E-state index in [4.69, 9.17) is 4.74 Å². The summed E-state index contributed by atoms with van der Waals surface area (Å²) in [6, 6.07) is 7.18. The molecule has 144 valence electrons. The first kappa shape index (κ1) is 19.1. The molecule has 0 aliphatic carbocycles. The fraction of sp³-hybridized carbons (Fsp3) is 0.278. The van der Waals surface area contributed by atoms with Crippen LogP contribution in [0.15, 0.2) is 40.0 Å². The number of ether oxygens (including phenoxy) is 1. The van der Waals surface area contributed by atoms with Crippen LogP contribution in [-0.2, 0) is 16.6 Å². The van der Waals surface area contributed by atoms with E-state index in [1.165, 1.54) is 29.9 Å². The quantitative estimate of drug-likeness (QED) is 0.671. The molecular formula is C18H20FN3O4S. The number of rotatable bonds is 6. The number of hydrogen-bond acceptors (Lipinski definition) is 4. The van der Waals surface area contributed by atoms with Crippen molar-refractivity contribution in [3.8, 4) is 5.75 Å². The summed E-state index contributed by atoms with van der Waals surface area (Å²) < 4.78 is 47.6. The van der Waals surface area contributed by atoms with Gasteiger partial charge in [0.15, 0.2) is 0 Å². The number of sulfonamides is 1. The number of halogens is 1. The van der Waals surface area contributed by atoms with Gasteiger partial charge in [-0.25, -0.2) is 22.3 Å². The largest absolute Gasteiger partial charge is 0.496 e. The third-order valence-corrected chi connectivity index (χ3v) is 5.95. The molecule has 0 aliphatic rings. The predicted octanol–water partition coefficient (Wildman–Crippen LogP) is 2.07. The molecule has 1 aromatic heterocycles. The lowest BCUT2D eigenvalue weighted by atomic mass is 10.1. The highest BCUT2D eigenvalue weighted by Crippen LogP contribution is 2.25. The summed E-state index contributed by atoms with van der Waals surface area (Å²) >= 11 is 0. The number of methoxy groups -OCH3 is 1. The van der Waals surface area contributed by atoms with Crippen LogP contribution in [0.5, 0.6) is 5.75 Å². The Morgan fingerprint density at radius 2 is 1.93 bits per heavy atom. The molecule has 2 N–H and O–H groups in total. The van der Waals surface area contributed by atoms with Crippen molar-refractivity contribution < 1.29 is 17.5 Å². The third kappa shape index (κ3) is 3.74. The lowest BCUT2D eigenvalue weighted by Crippen LogP contribution is -2.30. The van der Waals surface area contributed by atoms with E-state index in [1.54, 1.807) is 26.0 Å². The van der Waals surface area contributed by atoms with Crippen LogP contribution in [-0.4, -0.2) is 31.6 Å². The first-order chi connectivity index (χ1) is 12.7. The molecule has 0 saturated heterocycles. The van der Waals surface area contributed by atoms with Crippen molar-refractivity contribution in [3.05, 3.63) is 57.8 Å². The zero-order valence-electron chi connectivity index (χ0n) is 15.2. The Morgan fingerprint density at radius 1 is 1.19 bits per heavy atom. The van der Waals surface area contributed by atoms with Gasteiger partial charge < -0.3 is 9.72 Å². The summed E-state index contributed by atoms with van der Waals surface area (Å²) in [6.45, 7) is 3.58. The standard InChI is InChI=1S/C18H20FN3O4S/c1-11-9-17(12(2)8-16(11)26-3)27(24,25)20-6-7-22-15-5-4-13(19)10-14(15)21-18(22)23/h4-5,8-10,20H,6-7H2,1-3H3,(H,21,23). The molecular weight excluding hydrogens is 373 g/mol. The maximum atomic E-state index is 13.3. The van der Waals surface area contributed by atoms with Gasteiger partial charge in [-0.2, -0.15) is 0 Å². The van der Waals surface area contributed by atoms with Gasteiger partial charge >= 0.3 is 5.69 Å². The van der Waals surface area contributed by atoms with Crippen molar-refractivity contribution >= 4 is 21.1 Å². The van der Waals surface area contributed by atoms with E-state index >= 15 is 0 Å². The summed E-state index contributed by atoms with van der Waals surface area (Å²) in [6.07, 6.45) is 0. The fourth-order valence-corrected chi connectivity index (χ4v) is 4.33. The second-order valence-corrected chi connectivity index (χ2v) is 7.96. The van der Waals surface area contributed by atoms with E-state index in [-0.39, 0.29) is 18.0 Å². The van der Waals surface area contributed by atoms with Gasteiger partial charge in [-0.3, -0.25) is 4.57 Å². The highest BCUT2D eigenvalue weighted by molar-refractivity contribution is 7.89. The minimum absolute atomic E-state index is 0.0110. The second-order valence-electron chi connectivity index (χ2n) is 6.23. The maximum Gasteiger partial charge on any atom is 0.326 e. The lowest BCUT2D eigenvalue weighted by molar-refractivity contribution is 0.411. The molecule has 0 saturated carbocycles. The molecule has 0 unspecified atom stereocenters. The summed E-state index contributed by atoms with van der Waals surface area (Å²) in [4.78, 5) is 14.8. The molecule has 1 heterocycles. The van der Waals surface area contributed by atoms with E-state index in [0.29, 0.717) is 27.9 Å². The van der Waals surface area contributed by atoms with E-state index in [9.17, 15) is 17.6 Å². The van der Waals surface area contributed by atoms with Crippen molar-refractivity contribution in [2.45, 2.75) is 25.3 Å². The number of fused-ring (bicyclic) bond motifs is 1. The van der Waals surface area contributed by atoms with E-state index in [0.717, 1.165) is 0 Å². The van der Waals surface area contributed by atoms with Crippen LogP contribution in [0.3, 0.4) is 0 Å². The van der Waals surface area contributed by atoms with Crippen molar-refractivity contribution in [1.82, 2.24) is 14.3 Å². The molecule has 0 amide bonds. The first-order valence-corrected chi connectivity index (χ1v) is 9.74. The second kappa shape index (κ2) is 7.16. The van der Waals surface area contributed by atoms with Crippen LogP contribution in [0.4, 0.5) is 4.39 Å². The Bertz CT molecular complexity index is 1170. The van der Waals surface area contributed by atoms with Crippen molar-refractivity contribution in [3.63, 3.8) is 0 Å². The molecule has 0 bridgehead atoms. The maximum absolute atomic E-state index is 13.3. The molecule has 0 spiro atoms. The van der Waals surface area contributed by atoms with Gasteiger partial charge in [0.25, 0.3) is 0 Å². The number of aryl methyl sites for hydroxylation is 2. The zero-order valence-corrected chi connectivity index (χ0v) is 16.0. The minimum atomic E-state index is -3.76. The highest BCUT2D eigenvalue weighted by atomic mass is 32.2. The SMILES string of the molecule is COc1cc(C)c(S(=O)(=O)NCCn2c(=O)[nH]c3cc(F)ccc32)cc1C. The molecule has 7 nitrogen and oxygen atoms in total. The molecule has 0 atom stereocenters. The van der Waals surface area contributed by atoms with Gasteiger partial charge in [-0.15, -0.1) is 0 Å². The van der Waals surface area contributed by atoms with Gasteiger partial charge in [-0.1, -0.05) is 0 Å². The zero-order chi connectivity index (χ0) is 19.8. The van der Waals surface area contributed by atoms with Crippen LogP contribution >= 0.6 is 0 Å². The molecule has 0 fully saturated rings. The number of aromatic nitrogens is 2. The average Bonchev–Trinajstić information content (AvgIpc) is 2.91. The predicted molar refractivity (Wildman–Crippen MR) is 100 cm³/mol. The van der Waals surface area contributed by atoms with Crippen LogP contribution in [0.25, 0.3) is 11.0 Å². The minimum Gasteiger partial charge on any atom is -0.496 e. The van der Waals surface area contributed by atoms with Gasteiger partial charge in [0, 0.05) is 13.1 Å². The highest BCUT2D eigenvalue weighted by Gasteiger charge is 2.19. The molecule has 3 rings (SSSR count). The van der Waals surface area contributed by atoms with Crippen molar-refractivity contribution in [1.29, 1.82) is 0 Å². The monoisotopic (exact) mass is 393 g/mol. The van der Waals surface area contributed by atoms with Crippen molar-refractivity contribution in [2.75, 3.05) is 13.7 Å². The smallest absolute Gasteiger partial charge is 0.326 e. The van der Waals surface area contributed by atoms with E-state index in [2.05, 4.69) is 9.71 Å². The number of nitrogens with one attached hydrogen (secondary N) is 2. The summed E-state index contributed by atoms with van der Waals surface area (Å²) in [5.74, 6) is 0.158. The Kier molecular flexibility index (Phi) is 5.07. The topological polar surface area (TPSA) is 93.2 Å². The Morgan fingerprint density at radius 3 is 2.63 bits per heavy atom. The third-order valence-electron chi connectivity index (χ3n) is 4.35. The molecule has 2 aromatic carbocycles. The number of nitrogens with zero attached hydrogens (tertiary/aromatic N) is 1. The van der Waals surface area contributed by atoms with Gasteiger partial charge in [0.1, 0.15) is 11.6 Å². The fourth-order valence-electron chi connectivity index (χ4n) is 3.00. The molecule has 0 radical (unpaired) electrons. The number of imidazole rings is 1.